The Balaban J connectivity index is 2.80. The van der Waals surface area contributed by atoms with E-state index in [1.54, 1.807) is 4.57 Å². The molecule has 0 radical (unpaired) electrons. The Kier molecular flexibility index (Phi) is 3.35. The lowest BCUT2D eigenvalue weighted by atomic mass is 10.1. The van der Waals surface area contributed by atoms with E-state index in [0.29, 0.717) is 0 Å². The lowest BCUT2D eigenvalue weighted by Gasteiger charge is -2.15. The monoisotopic (exact) mass is 258 g/mol. The van der Waals surface area contributed by atoms with Gasteiger partial charge in [-0.2, -0.15) is 5.26 Å². The minimum Gasteiger partial charge on any atom is -0.309 e. The quantitative estimate of drug-likeness (QED) is 0.829. The molecule has 3 nitrogen and oxygen atoms in total. The van der Waals surface area contributed by atoms with E-state index in [1.807, 2.05) is 50.4 Å². The maximum Gasteiger partial charge on any atom is 0.269 e. The molecular weight excluding hydrogens is 244 g/mol. The van der Waals surface area contributed by atoms with Crippen molar-refractivity contribution < 1.29 is 0 Å². The van der Waals surface area contributed by atoms with Crippen LogP contribution in [0.2, 0.25) is 0 Å². The van der Waals surface area contributed by atoms with Gasteiger partial charge in [-0.1, -0.05) is 6.07 Å². The van der Waals surface area contributed by atoms with E-state index < -0.39 is 0 Å². The highest BCUT2D eigenvalue weighted by molar-refractivity contribution is 7.13. The van der Waals surface area contributed by atoms with Crippen LogP contribution in [0.3, 0.4) is 0 Å². The number of rotatable bonds is 2. The summed E-state index contributed by atoms with van der Waals surface area (Å²) in [5.74, 6) is 0. The Morgan fingerprint density at radius 3 is 2.67 bits per heavy atom. The molecule has 0 amide bonds. The molecule has 0 atom stereocenters. The third kappa shape index (κ3) is 1.98. The Labute approximate surface area is 110 Å². The molecule has 4 heteroatoms. The van der Waals surface area contributed by atoms with Gasteiger partial charge in [-0.3, -0.25) is 4.79 Å². The summed E-state index contributed by atoms with van der Waals surface area (Å²) in [6.45, 7) is 5.79. The maximum absolute atomic E-state index is 12.3. The van der Waals surface area contributed by atoms with Gasteiger partial charge in [-0.25, -0.2) is 0 Å². The third-order valence-electron chi connectivity index (χ3n) is 2.85. The number of hydrogen-bond donors (Lipinski definition) is 0. The highest BCUT2D eigenvalue weighted by Crippen LogP contribution is 2.27. The average Bonchev–Trinajstić information content (AvgIpc) is 2.80. The van der Waals surface area contributed by atoms with Crippen molar-refractivity contribution in [3.8, 4) is 16.5 Å². The van der Waals surface area contributed by atoms with Gasteiger partial charge in [-0.05, 0) is 38.3 Å². The molecule has 0 bridgehead atoms. The normalized spacial score (nSPS) is 10.6. The Morgan fingerprint density at radius 2 is 2.17 bits per heavy atom. The molecule has 92 valence electrons. The van der Waals surface area contributed by atoms with Gasteiger partial charge in [0.2, 0.25) is 0 Å². The molecule has 18 heavy (non-hydrogen) atoms. The summed E-state index contributed by atoms with van der Waals surface area (Å²) >= 11 is 1.54. The van der Waals surface area contributed by atoms with E-state index in [2.05, 4.69) is 0 Å². The van der Waals surface area contributed by atoms with Crippen LogP contribution in [0.15, 0.2) is 28.4 Å². The topological polar surface area (TPSA) is 45.8 Å². The number of aryl methyl sites for hydroxylation is 1. The first-order valence-corrected chi connectivity index (χ1v) is 6.64. The van der Waals surface area contributed by atoms with Crippen LogP contribution in [0.5, 0.6) is 0 Å². The standard InChI is InChI=1S/C14H14N2OS/c1-9(2)16-10(3)7-11(12(8-15)14(16)17)13-5-4-6-18-13/h4-7,9H,1-3H3. The minimum absolute atomic E-state index is 0.0574. The van der Waals surface area contributed by atoms with E-state index in [9.17, 15) is 10.1 Å². The molecule has 0 N–H and O–H groups in total. The van der Waals surface area contributed by atoms with Gasteiger partial charge in [0.25, 0.3) is 5.56 Å². The van der Waals surface area contributed by atoms with E-state index in [-0.39, 0.29) is 17.2 Å². The summed E-state index contributed by atoms with van der Waals surface area (Å²) in [5.41, 5.74) is 1.66. The van der Waals surface area contributed by atoms with Crippen molar-refractivity contribution in [2.75, 3.05) is 0 Å². The number of hydrogen-bond acceptors (Lipinski definition) is 3. The smallest absolute Gasteiger partial charge is 0.269 e. The van der Waals surface area contributed by atoms with Crippen molar-refractivity contribution in [3.63, 3.8) is 0 Å². The van der Waals surface area contributed by atoms with E-state index in [4.69, 9.17) is 0 Å². The van der Waals surface area contributed by atoms with Crippen LogP contribution in [0.1, 0.15) is 31.1 Å². The molecule has 0 unspecified atom stereocenters. The Bertz CT molecular complexity index is 660. The minimum atomic E-state index is -0.198. The van der Waals surface area contributed by atoms with Crippen molar-refractivity contribution in [3.05, 3.63) is 45.2 Å². The van der Waals surface area contributed by atoms with Crippen molar-refractivity contribution >= 4 is 11.3 Å². The number of thiophene rings is 1. The number of nitrogens with zero attached hydrogens (tertiary/aromatic N) is 2. The van der Waals surface area contributed by atoms with Gasteiger partial charge < -0.3 is 4.57 Å². The molecule has 0 fully saturated rings. The van der Waals surface area contributed by atoms with E-state index >= 15 is 0 Å². The Hall–Kier alpha value is -1.86. The molecule has 0 aliphatic carbocycles. The van der Waals surface area contributed by atoms with Crippen LogP contribution in [0, 0.1) is 18.3 Å². The second-order valence-electron chi connectivity index (χ2n) is 4.43. The zero-order chi connectivity index (χ0) is 13.3. The molecule has 2 rings (SSSR count). The summed E-state index contributed by atoms with van der Waals surface area (Å²) in [6.07, 6.45) is 0. The molecule has 0 aromatic carbocycles. The largest absolute Gasteiger partial charge is 0.309 e. The van der Waals surface area contributed by atoms with Crippen LogP contribution in [-0.2, 0) is 0 Å². The van der Waals surface area contributed by atoms with Crippen LogP contribution in [-0.4, -0.2) is 4.57 Å². The van der Waals surface area contributed by atoms with Crippen molar-refractivity contribution in [1.29, 1.82) is 5.26 Å². The second-order valence-corrected chi connectivity index (χ2v) is 5.38. The number of aromatic nitrogens is 1. The third-order valence-corrected chi connectivity index (χ3v) is 3.75. The van der Waals surface area contributed by atoms with Gasteiger partial charge in [0.05, 0.1) is 0 Å². The van der Waals surface area contributed by atoms with Gasteiger partial charge in [0.1, 0.15) is 11.6 Å². The first kappa shape index (κ1) is 12.6. The van der Waals surface area contributed by atoms with Crippen molar-refractivity contribution in [1.82, 2.24) is 4.57 Å². The second kappa shape index (κ2) is 4.79. The highest BCUT2D eigenvalue weighted by Gasteiger charge is 2.16. The summed E-state index contributed by atoms with van der Waals surface area (Å²) in [6, 6.07) is 7.88. The predicted octanol–water partition coefficient (Wildman–Crippen LogP) is 3.34. The van der Waals surface area contributed by atoms with Crippen LogP contribution in [0.4, 0.5) is 0 Å². The number of pyridine rings is 1. The molecule has 2 aromatic heterocycles. The van der Waals surface area contributed by atoms with Crippen LogP contribution >= 0.6 is 11.3 Å². The van der Waals surface area contributed by atoms with Crippen LogP contribution in [0.25, 0.3) is 10.4 Å². The number of nitriles is 1. The van der Waals surface area contributed by atoms with Gasteiger partial charge in [0.15, 0.2) is 0 Å². The lowest BCUT2D eigenvalue weighted by molar-refractivity contribution is 0.562. The summed E-state index contributed by atoms with van der Waals surface area (Å²) in [4.78, 5) is 13.3. The first-order chi connectivity index (χ1) is 8.56. The fourth-order valence-corrected chi connectivity index (χ4v) is 2.87. The highest BCUT2D eigenvalue weighted by atomic mass is 32.1. The SMILES string of the molecule is Cc1cc(-c2cccs2)c(C#N)c(=O)n1C(C)C. The van der Waals surface area contributed by atoms with Crippen LogP contribution < -0.4 is 5.56 Å². The summed E-state index contributed by atoms with van der Waals surface area (Å²) in [7, 11) is 0. The predicted molar refractivity (Wildman–Crippen MR) is 73.9 cm³/mol. The zero-order valence-electron chi connectivity index (χ0n) is 10.6. The molecule has 2 aromatic rings. The molecule has 2 heterocycles. The molecule has 0 aliphatic heterocycles. The molecular formula is C14H14N2OS. The maximum atomic E-state index is 12.3. The van der Waals surface area contributed by atoms with E-state index in [0.717, 1.165) is 16.1 Å². The van der Waals surface area contributed by atoms with Gasteiger partial charge in [0, 0.05) is 22.2 Å². The molecule has 0 aliphatic rings. The van der Waals surface area contributed by atoms with Gasteiger partial charge in [-0.15, -0.1) is 11.3 Å². The zero-order valence-corrected chi connectivity index (χ0v) is 11.4. The average molecular weight is 258 g/mol. The van der Waals surface area contributed by atoms with Crippen molar-refractivity contribution in [2.24, 2.45) is 0 Å². The summed E-state index contributed by atoms with van der Waals surface area (Å²) < 4.78 is 1.66. The molecule has 0 spiro atoms. The van der Waals surface area contributed by atoms with Gasteiger partial charge >= 0.3 is 0 Å². The van der Waals surface area contributed by atoms with Crippen molar-refractivity contribution in [2.45, 2.75) is 26.8 Å². The first-order valence-electron chi connectivity index (χ1n) is 5.76. The summed E-state index contributed by atoms with van der Waals surface area (Å²) in [5, 5.41) is 11.2. The lowest BCUT2D eigenvalue weighted by Crippen LogP contribution is -2.26. The molecule has 0 saturated heterocycles. The fraction of sp³-hybridized carbons (Fsp3) is 0.286. The Morgan fingerprint density at radius 1 is 1.44 bits per heavy atom. The fourth-order valence-electron chi connectivity index (χ4n) is 2.12. The van der Waals surface area contributed by atoms with E-state index in [1.165, 1.54) is 11.3 Å². The molecule has 0 saturated carbocycles.